The zero-order chi connectivity index (χ0) is 22.2. The Bertz CT molecular complexity index is 611. The van der Waals surface area contributed by atoms with E-state index >= 15 is 0 Å². The fourth-order valence-electron chi connectivity index (χ4n) is 3.96. The van der Waals surface area contributed by atoms with E-state index in [-0.39, 0.29) is 17.4 Å². The molecule has 0 radical (unpaired) electrons. The molecule has 2 heterocycles. The summed E-state index contributed by atoms with van der Waals surface area (Å²) in [5, 5.41) is 15.8. The summed E-state index contributed by atoms with van der Waals surface area (Å²) in [5.41, 5.74) is -1.01. The van der Waals surface area contributed by atoms with E-state index in [1.54, 1.807) is 4.90 Å². The molecule has 2 aliphatic rings. The number of rotatable bonds is 7. The minimum Gasteiger partial charge on any atom is -0.378 e. The van der Waals surface area contributed by atoms with E-state index < -0.39 is 11.6 Å². The molecule has 0 aromatic heterocycles. The second-order valence-corrected chi connectivity index (χ2v) is 9.74. The average Bonchev–Trinajstić information content (AvgIpc) is 2.72. The summed E-state index contributed by atoms with van der Waals surface area (Å²) in [6.07, 6.45) is 4.01. The third kappa shape index (κ3) is 7.44. The van der Waals surface area contributed by atoms with Gasteiger partial charge in [-0.15, -0.1) is 0 Å². The molecule has 2 rings (SSSR count). The summed E-state index contributed by atoms with van der Waals surface area (Å²) in [6, 6.07) is 1.44. The molecule has 1 atom stereocenters. The number of nitrogens with one attached hydrogen (secondary N) is 2. The van der Waals surface area contributed by atoms with Gasteiger partial charge in [0, 0.05) is 26.2 Å². The van der Waals surface area contributed by atoms with Gasteiger partial charge in [-0.05, 0) is 37.6 Å². The maximum Gasteiger partial charge on any atom is 0.318 e. The lowest BCUT2D eigenvalue weighted by Crippen LogP contribution is -2.60. The third-order valence-corrected chi connectivity index (χ3v) is 5.84. The molecule has 2 saturated heterocycles. The average molecular weight is 422 g/mol. The number of piperidine rings is 1. The van der Waals surface area contributed by atoms with Gasteiger partial charge in [0.2, 0.25) is 5.91 Å². The van der Waals surface area contributed by atoms with Crippen molar-refractivity contribution in [2.24, 2.45) is 5.41 Å². The van der Waals surface area contributed by atoms with Gasteiger partial charge >= 0.3 is 6.03 Å². The SMILES string of the molecule is CCCCN1CCC(C#N)(NC(=O)C(CC(C)(C)C)NC(=O)N2CCOCC2)CC1. The maximum atomic E-state index is 13.2. The molecule has 3 amide bonds. The van der Waals surface area contributed by atoms with E-state index in [9.17, 15) is 14.9 Å². The van der Waals surface area contributed by atoms with Crippen LogP contribution in [-0.4, -0.2) is 79.3 Å². The lowest BCUT2D eigenvalue weighted by molar-refractivity contribution is -0.125. The van der Waals surface area contributed by atoms with E-state index in [1.807, 2.05) is 20.8 Å². The number of morpholine rings is 1. The molecule has 2 aliphatic heterocycles. The van der Waals surface area contributed by atoms with Crippen LogP contribution >= 0.6 is 0 Å². The molecule has 0 aromatic carbocycles. The first kappa shape index (κ1) is 24.4. The van der Waals surface area contributed by atoms with Gasteiger partial charge in [0.1, 0.15) is 11.6 Å². The van der Waals surface area contributed by atoms with Crippen LogP contribution in [0.3, 0.4) is 0 Å². The maximum absolute atomic E-state index is 13.2. The molecule has 0 saturated carbocycles. The molecule has 1 unspecified atom stereocenters. The Morgan fingerprint density at radius 1 is 1.17 bits per heavy atom. The first-order chi connectivity index (χ1) is 14.2. The van der Waals surface area contributed by atoms with Crippen molar-refractivity contribution in [1.82, 2.24) is 20.4 Å². The van der Waals surface area contributed by atoms with Crippen molar-refractivity contribution in [2.45, 2.75) is 71.4 Å². The van der Waals surface area contributed by atoms with Gasteiger partial charge in [-0.1, -0.05) is 34.1 Å². The predicted molar refractivity (Wildman–Crippen MR) is 116 cm³/mol. The molecule has 30 heavy (non-hydrogen) atoms. The summed E-state index contributed by atoms with van der Waals surface area (Å²) in [7, 11) is 0. The molecular formula is C22H39N5O3. The summed E-state index contributed by atoms with van der Waals surface area (Å²) in [5.74, 6) is -0.268. The quantitative estimate of drug-likeness (QED) is 0.656. The van der Waals surface area contributed by atoms with E-state index in [0.717, 1.165) is 32.5 Å². The van der Waals surface area contributed by atoms with E-state index in [4.69, 9.17) is 4.74 Å². The largest absolute Gasteiger partial charge is 0.378 e. The number of nitriles is 1. The highest BCUT2D eigenvalue weighted by Gasteiger charge is 2.39. The van der Waals surface area contributed by atoms with Crippen LogP contribution in [0.25, 0.3) is 0 Å². The first-order valence-corrected chi connectivity index (χ1v) is 11.3. The van der Waals surface area contributed by atoms with Crippen molar-refractivity contribution in [1.29, 1.82) is 5.26 Å². The van der Waals surface area contributed by atoms with Crippen LogP contribution < -0.4 is 10.6 Å². The van der Waals surface area contributed by atoms with Gasteiger partial charge < -0.3 is 25.2 Å². The van der Waals surface area contributed by atoms with Crippen LogP contribution in [0, 0.1) is 16.7 Å². The van der Waals surface area contributed by atoms with E-state index in [0.29, 0.717) is 45.6 Å². The monoisotopic (exact) mass is 421 g/mol. The Hall–Kier alpha value is -1.85. The van der Waals surface area contributed by atoms with Crippen molar-refractivity contribution in [2.75, 3.05) is 45.9 Å². The van der Waals surface area contributed by atoms with Crippen molar-refractivity contribution in [3.63, 3.8) is 0 Å². The summed E-state index contributed by atoms with van der Waals surface area (Å²) in [4.78, 5) is 29.9. The van der Waals surface area contributed by atoms with Gasteiger partial charge in [0.25, 0.3) is 0 Å². The number of likely N-dealkylation sites (tertiary alicyclic amines) is 1. The number of unbranched alkanes of at least 4 members (excludes halogenated alkanes) is 1. The highest BCUT2D eigenvalue weighted by atomic mass is 16.5. The lowest BCUT2D eigenvalue weighted by atomic mass is 9.85. The van der Waals surface area contributed by atoms with Crippen molar-refractivity contribution >= 4 is 11.9 Å². The number of hydrogen-bond donors (Lipinski definition) is 2. The summed E-state index contributed by atoms with van der Waals surface area (Å²) < 4.78 is 5.30. The molecule has 2 N–H and O–H groups in total. The Morgan fingerprint density at radius 2 is 1.80 bits per heavy atom. The molecular weight excluding hydrogens is 382 g/mol. The molecule has 2 fully saturated rings. The number of urea groups is 1. The first-order valence-electron chi connectivity index (χ1n) is 11.3. The topological polar surface area (TPSA) is 97.7 Å². The second kappa shape index (κ2) is 11.0. The number of amides is 3. The van der Waals surface area contributed by atoms with Crippen LogP contribution in [-0.2, 0) is 9.53 Å². The smallest absolute Gasteiger partial charge is 0.318 e. The Balaban J connectivity index is 2.01. The van der Waals surface area contributed by atoms with Gasteiger partial charge in [-0.25, -0.2) is 4.79 Å². The fourth-order valence-corrected chi connectivity index (χ4v) is 3.96. The van der Waals surface area contributed by atoms with Gasteiger partial charge in [0.05, 0.1) is 19.3 Å². The van der Waals surface area contributed by atoms with Gasteiger partial charge in [-0.2, -0.15) is 5.26 Å². The number of carbonyl (C=O) groups is 2. The Kier molecular flexibility index (Phi) is 8.92. The van der Waals surface area contributed by atoms with Crippen molar-refractivity contribution < 1.29 is 14.3 Å². The van der Waals surface area contributed by atoms with Crippen LogP contribution in [0.1, 0.15) is 59.8 Å². The van der Waals surface area contributed by atoms with E-state index in [1.165, 1.54) is 0 Å². The number of carbonyl (C=O) groups excluding carboxylic acids is 2. The lowest BCUT2D eigenvalue weighted by Gasteiger charge is -2.39. The van der Waals surface area contributed by atoms with Crippen molar-refractivity contribution in [3.05, 3.63) is 0 Å². The van der Waals surface area contributed by atoms with Gasteiger partial charge in [-0.3, -0.25) is 4.79 Å². The molecule has 0 aromatic rings. The number of nitrogens with zero attached hydrogens (tertiary/aromatic N) is 3. The molecule has 0 aliphatic carbocycles. The summed E-state index contributed by atoms with van der Waals surface area (Å²) in [6.45, 7) is 13.0. The highest BCUT2D eigenvalue weighted by Crippen LogP contribution is 2.25. The van der Waals surface area contributed by atoms with Crippen LogP contribution in [0.15, 0.2) is 0 Å². The fraction of sp³-hybridized carbons (Fsp3) is 0.864. The normalized spacial score (nSPS) is 20.8. The van der Waals surface area contributed by atoms with E-state index in [2.05, 4.69) is 28.5 Å². The Morgan fingerprint density at radius 3 is 2.33 bits per heavy atom. The minimum atomic E-state index is -0.861. The zero-order valence-electron chi connectivity index (χ0n) is 19.1. The number of ether oxygens (including phenoxy) is 1. The molecule has 8 nitrogen and oxygen atoms in total. The predicted octanol–water partition coefficient (Wildman–Crippen LogP) is 2.11. The van der Waals surface area contributed by atoms with Crippen LogP contribution in [0.4, 0.5) is 4.79 Å². The standard InChI is InChI=1S/C22H39N5O3/c1-5-6-9-26-10-7-22(17-23,8-11-26)25-19(28)18(16-21(2,3)4)24-20(29)27-12-14-30-15-13-27/h18H,5-16H2,1-4H3,(H,24,29)(H,25,28). The van der Waals surface area contributed by atoms with Crippen LogP contribution in [0.2, 0.25) is 0 Å². The summed E-state index contributed by atoms with van der Waals surface area (Å²) >= 11 is 0. The zero-order valence-corrected chi connectivity index (χ0v) is 19.1. The van der Waals surface area contributed by atoms with Crippen molar-refractivity contribution in [3.8, 4) is 6.07 Å². The highest BCUT2D eigenvalue weighted by molar-refractivity contribution is 5.88. The number of hydrogen-bond acceptors (Lipinski definition) is 5. The minimum absolute atomic E-state index is 0.149. The van der Waals surface area contributed by atoms with Crippen LogP contribution in [0.5, 0.6) is 0 Å². The molecule has 170 valence electrons. The second-order valence-electron chi connectivity index (χ2n) is 9.74. The molecule has 8 heteroatoms. The molecule has 0 spiro atoms. The molecule has 0 bridgehead atoms. The third-order valence-electron chi connectivity index (χ3n) is 5.84. The Labute approximate surface area is 181 Å². The van der Waals surface area contributed by atoms with Gasteiger partial charge in [0.15, 0.2) is 0 Å².